The molecular formula is C14H15NO5. The van der Waals surface area contributed by atoms with E-state index in [-0.39, 0.29) is 13.0 Å². The maximum absolute atomic E-state index is 12.3. The maximum Gasteiger partial charge on any atom is 0.261 e. The summed E-state index contributed by atoms with van der Waals surface area (Å²) in [5.41, 5.74) is 0.623. The number of amides is 2. The number of rotatable bonds is 2. The van der Waals surface area contributed by atoms with Gasteiger partial charge in [0.1, 0.15) is 6.10 Å². The second-order valence-electron chi connectivity index (χ2n) is 5.25. The molecule has 2 amide bonds. The molecule has 2 aliphatic rings. The fourth-order valence-electron chi connectivity index (χ4n) is 3.05. The molecule has 3 N–H and O–H groups in total. The normalized spacial score (nSPS) is 32.9. The SMILES string of the molecule is O=C1c2ccccc2C(=O)N1[C@@H]1C[C@H](CO)[C@@H](O)[C@H]1O. The number of carbonyl (C=O) groups is 2. The Bertz CT molecular complexity index is 537. The molecule has 0 unspecified atom stereocenters. The van der Waals surface area contributed by atoms with E-state index in [9.17, 15) is 19.8 Å². The third-order valence-corrected chi connectivity index (χ3v) is 4.16. The molecule has 1 saturated carbocycles. The molecule has 0 spiro atoms. The van der Waals surface area contributed by atoms with Crippen molar-refractivity contribution in [3.05, 3.63) is 35.4 Å². The van der Waals surface area contributed by atoms with Gasteiger partial charge in [-0.15, -0.1) is 0 Å². The van der Waals surface area contributed by atoms with Crippen molar-refractivity contribution in [2.45, 2.75) is 24.7 Å². The van der Waals surface area contributed by atoms with Crippen LogP contribution in [-0.4, -0.2) is 56.9 Å². The van der Waals surface area contributed by atoms with Crippen LogP contribution in [0.5, 0.6) is 0 Å². The number of carbonyl (C=O) groups excluding carboxylic acids is 2. The zero-order valence-corrected chi connectivity index (χ0v) is 10.6. The molecule has 6 nitrogen and oxygen atoms in total. The maximum atomic E-state index is 12.3. The molecule has 0 saturated heterocycles. The van der Waals surface area contributed by atoms with Gasteiger partial charge in [0.05, 0.1) is 23.3 Å². The third-order valence-electron chi connectivity index (χ3n) is 4.16. The highest BCUT2D eigenvalue weighted by atomic mass is 16.3. The first-order valence-electron chi connectivity index (χ1n) is 6.50. The lowest BCUT2D eigenvalue weighted by atomic mass is 10.1. The van der Waals surface area contributed by atoms with Crippen LogP contribution in [0.4, 0.5) is 0 Å². The van der Waals surface area contributed by atoms with E-state index >= 15 is 0 Å². The molecule has 0 bridgehead atoms. The van der Waals surface area contributed by atoms with E-state index in [1.54, 1.807) is 24.3 Å². The van der Waals surface area contributed by atoms with Crippen LogP contribution in [0, 0.1) is 5.92 Å². The Morgan fingerprint density at radius 1 is 1.05 bits per heavy atom. The highest BCUT2D eigenvalue weighted by molar-refractivity contribution is 6.21. The van der Waals surface area contributed by atoms with Crippen LogP contribution < -0.4 is 0 Å². The second-order valence-corrected chi connectivity index (χ2v) is 5.25. The minimum Gasteiger partial charge on any atom is -0.396 e. The summed E-state index contributed by atoms with van der Waals surface area (Å²) in [6.45, 7) is -0.294. The Balaban J connectivity index is 1.94. The smallest absolute Gasteiger partial charge is 0.261 e. The Hall–Kier alpha value is -1.76. The highest BCUT2D eigenvalue weighted by Crippen LogP contribution is 2.34. The van der Waals surface area contributed by atoms with Gasteiger partial charge < -0.3 is 15.3 Å². The van der Waals surface area contributed by atoms with Crippen molar-refractivity contribution >= 4 is 11.8 Å². The minimum absolute atomic E-state index is 0.199. The fourth-order valence-corrected chi connectivity index (χ4v) is 3.05. The molecule has 1 fully saturated rings. The topological polar surface area (TPSA) is 98.1 Å². The van der Waals surface area contributed by atoms with Crippen molar-refractivity contribution in [2.24, 2.45) is 5.92 Å². The largest absolute Gasteiger partial charge is 0.396 e. The molecule has 6 heteroatoms. The number of imide groups is 1. The predicted molar refractivity (Wildman–Crippen MR) is 67.9 cm³/mol. The second kappa shape index (κ2) is 4.66. The lowest BCUT2D eigenvalue weighted by molar-refractivity contribution is -0.0122. The summed E-state index contributed by atoms with van der Waals surface area (Å²) >= 11 is 0. The van der Waals surface area contributed by atoms with Gasteiger partial charge in [0.2, 0.25) is 0 Å². The molecule has 106 valence electrons. The Morgan fingerprint density at radius 2 is 1.60 bits per heavy atom. The first-order chi connectivity index (χ1) is 9.56. The number of aliphatic hydroxyl groups is 3. The zero-order valence-electron chi connectivity index (χ0n) is 10.6. The van der Waals surface area contributed by atoms with Crippen molar-refractivity contribution in [1.82, 2.24) is 4.90 Å². The summed E-state index contributed by atoms with van der Waals surface area (Å²) in [6, 6.07) is 5.68. The van der Waals surface area contributed by atoms with E-state index in [2.05, 4.69) is 0 Å². The first-order valence-corrected chi connectivity index (χ1v) is 6.50. The Kier molecular flexibility index (Phi) is 3.08. The van der Waals surface area contributed by atoms with Gasteiger partial charge in [-0.3, -0.25) is 14.5 Å². The van der Waals surface area contributed by atoms with E-state index in [1.807, 2.05) is 0 Å². The molecule has 1 heterocycles. The van der Waals surface area contributed by atoms with Gasteiger partial charge in [0, 0.05) is 12.5 Å². The molecule has 3 rings (SSSR count). The molecule has 1 aliphatic carbocycles. The third kappa shape index (κ3) is 1.69. The van der Waals surface area contributed by atoms with Gasteiger partial charge in [-0.1, -0.05) is 12.1 Å². The summed E-state index contributed by atoms with van der Waals surface area (Å²) in [6.07, 6.45) is -2.16. The summed E-state index contributed by atoms with van der Waals surface area (Å²) < 4.78 is 0. The zero-order chi connectivity index (χ0) is 14.4. The van der Waals surface area contributed by atoms with Crippen LogP contribution >= 0.6 is 0 Å². The van der Waals surface area contributed by atoms with E-state index in [0.29, 0.717) is 11.1 Å². The van der Waals surface area contributed by atoms with E-state index < -0.39 is 36.0 Å². The lowest BCUT2D eigenvalue weighted by Gasteiger charge is -2.25. The summed E-state index contributed by atoms with van der Waals surface area (Å²) in [7, 11) is 0. The Labute approximate surface area is 115 Å². The number of hydrogen-bond donors (Lipinski definition) is 3. The van der Waals surface area contributed by atoms with Gasteiger partial charge in [-0.25, -0.2) is 0 Å². The molecule has 0 radical (unpaired) electrons. The van der Waals surface area contributed by atoms with Crippen molar-refractivity contribution in [2.75, 3.05) is 6.61 Å². The van der Waals surface area contributed by atoms with E-state index in [0.717, 1.165) is 4.90 Å². The van der Waals surface area contributed by atoms with Gasteiger partial charge in [-0.05, 0) is 18.6 Å². The van der Waals surface area contributed by atoms with E-state index in [4.69, 9.17) is 5.11 Å². The highest BCUT2D eigenvalue weighted by Gasteiger charge is 2.50. The molecule has 1 aromatic rings. The summed E-state index contributed by atoms with van der Waals surface area (Å²) in [5, 5.41) is 29.0. The minimum atomic E-state index is -1.23. The van der Waals surface area contributed by atoms with Crippen molar-refractivity contribution in [3.8, 4) is 0 Å². The van der Waals surface area contributed by atoms with Crippen LogP contribution in [0.15, 0.2) is 24.3 Å². The average Bonchev–Trinajstić information content (AvgIpc) is 2.88. The monoisotopic (exact) mass is 277 g/mol. The Morgan fingerprint density at radius 3 is 2.05 bits per heavy atom. The number of aliphatic hydroxyl groups excluding tert-OH is 3. The van der Waals surface area contributed by atoms with Crippen LogP contribution in [0.25, 0.3) is 0 Å². The average molecular weight is 277 g/mol. The van der Waals surface area contributed by atoms with Gasteiger partial charge in [-0.2, -0.15) is 0 Å². The quantitative estimate of drug-likeness (QED) is 0.626. The predicted octanol–water partition coefficient (Wildman–Crippen LogP) is -0.615. The molecule has 1 aliphatic heterocycles. The molecule has 0 aromatic heterocycles. The van der Waals surface area contributed by atoms with Crippen LogP contribution in [0.3, 0.4) is 0 Å². The molecule has 1 aromatic carbocycles. The van der Waals surface area contributed by atoms with Crippen molar-refractivity contribution < 1.29 is 24.9 Å². The summed E-state index contributed by atoms with van der Waals surface area (Å²) in [5.74, 6) is -1.44. The number of nitrogens with zero attached hydrogens (tertiary/aromatic N) is 1. The van der Waals surface area contributed by atoms with Crippen molar-refractivity contribution in [1.29, 1.82) is 0 Å². The number of fused-ring (bicyclic) bond motifs is 1. The fraction of sp³-hybridized carbons (Fsp3) is 0.429. The van der Waals surface area contributed by atoms with Gasteiger partial charge in [0.25, 0.3) is 11.8 Å². The standard InChI is InChI=1S/C14H15NO5/c16-6-7-5-10(12(18)11(7)17)15-13(19)8-3-1-2-4-9(8)14(15)20/h1-4,7,10-12,16-18H,5-6H2/t7-,10-,11-,12+/m1/s1. The number of benzene rings is 1. The van der Waals surface area contributed by atoms with Crippen LogP contribution in [0.1, 0.15) is 27.1 Å². The lowest BCUT2D eigenvalue weighted by Crippen LogP contribution is -2.46. The van der Waals surface area contributed by atoms with Crippen molar-refractivity contribution in [3.63, 3.8) is 0 Å². The number of hydrogen-bond acceptors (Lipinski definition) is 5. The van der Waals surface area contributed by atoms with Gasteiger partial charge in [0.15, 0.2) is 0 Å². The molecule has 4 atom stereocenters. The van der Waals surface area contributed by atoms with E-state index in [1.165, 1.54) is 0 Å². The van der Waals surface area contributed by atoms with Crippen LogP contribution in [-0.2, 0) is 0 Å². The molecular weight excluding hydrogens is 262 g/mol. The van der Waals surface area contributed by atoms with Crippen LogP contribution in [0.2, 0.25) is 0 Å². The summed E-state index contributed by atoms with van der Waals surface area (Å²) in [4.78, 5) is 25.6. The first kappa shape index (κ1) is 13.2. The van der Waals surface area contributed by atoms with Gasteiger partial charge >= 0.3 is 0 Å². The molecule has 20 heavy (non-hydrogen) atoms.